The summed E-state index contributed by atoms with van der Waals surface area (Å²) in [5.41, 5.74) is 7.35. The van der Waals surface area contributed by atoms with Crippen LogP contribution in [0.15, 0.2) is 42.5 Å². The van der Waals surface area contributed by atoms with Crippen LogP contribution in [0.1, 0.15) is 39.8 Å². The number of methoxy groups -OCH3 is 1. The number of aromatic amines is 1. The van der Waals surface area contributed by atoms with Gasteiger partial charge in [-0.05, 0) is 37.6 Å². The van der Waals surface area contributed by atoms with Gasteiger partial charge in [0.15, 0.2) is 11.5 Å². The lowest BCUT2D eigenvalue weighted by Gasteiger charge is -2.12. The average molecular weight is 381 g/mol. The number of hydrogen-bond donors (Lipinski definition) is 3. The molecule has 28 heavy (non-hydrogen) atoms. The van der Waals surface area contributed by atoms with Gasteiger partial charge >= 0.3 is 0 Å². The van der Waals surface area contributed by atoms with E-state index >= 15 is 0 Å². The summed E-state index contributed by atoms with van der Waals surface area (Å²) in [7, 11) is 1.51. The Labute approximate surface area is 163 Å². The van der Waals surface area contributed by atoms with Gasteiger partial charge < -0.3 is 14.5 Å². The molecule has 1 heterocycles. The Hall–Kier alpha value is -3.48. The summed E-state index contributed by atoms with van der Waals surface area (Å²) >= 11 is 0. The van der Waals surface area contributed by atoms with Crippen LogP contribution in [0.5, 0.6) is 11.5 Å². The minimum absolute atomic E-state index is 0.344. The smallest absolute Gasteiger partial charge is 0.272 e. The van der Waals surface area contributed by atoms with Crippen molar-refractivity contribution in [1.29, 1.82) is 0 Å². The lowest BCUT2D eigenvalue weighted by atomic mass is 10.1. The van der Waals surface area contributed by atoms with Crippen molar-refractivity contribution in [2.45, 2.75) is 20.3 Å². The molecule has 3 aromatic rings. The number of amides is 2. The molecule has 0 spiro atoms. The molecule has 7 nitrogen and oxygen atoms in total. The number of H-pyrrole nitrogens is 1. The molecule has 146 valence electrons. The Morgan fingerprint density at radius 3 is 2.54 bits per heavy atom. The third-order valence-corrected chi connectivity index (χ3v) is 4.30. The topological polar surface area (TPSA) is 92.5 Å². The standard InChI is InChI=1S/C21H23N3O4/c1-4-11-28-17-10-9-14(12-18(17)27-3)20(25)23-24-21(26)19-13(2)22-16-8-6-5-7-15(16)19/h5-10,12,22H,4,11H2,1-3H3,(H,23,25)(H,24,26). The van der Waals surface area contributed by atoms with E-state index in [1.807, 2.05) is 38.1 Å². The van der Waals surface area contributed by atoms with Gasteiger partial charge in [-0.25, -0.2) is 0 Å². The summed E-state index contributed by atoms with van der Waals surface area (Å²) in [6.45, 7) is 4.38. The molecule has 2 amide bonds. The summed E-state index contributed by atoms with van der Waals surface area (Å²) < 4.78 is 10.9. The summed E-state index contributed by atoms with van der Waals surface area (Å²) in [5, 5.41) is 0.797. The van der Waals surface area contributed by atoms with Crippen molar-refractivity contribution in [3.05, 3.63) is 59.3 Å². The Balaban J connectivity index is 1.71. The number of hydrogen-bond acceptors (Lipinski definition) is 4. The monoisotopic (exact) mass is 381 g/mol. The van der Waals surface area contributed by atoms with Crippen LogP contribution in [-0.2, 0) is 0 Å². The molecule has 0 aliphatic heterocycles. The Morgan fingerprint density at radius 2 is 1.79 bits per heavy atom. The van der Waals surface area contributed by atoms with Crippen LogP contribution in [0, 0.1) is 6.92 Å². The number of benzene rings is 2. The number of aromatic nitrogens is 1. The highest BCUT2D eigenvalue weighted by Gasteiger charge is 2.17. The van der Waals surface area contributed by atoms with Crippen LogP contribution in [0.4, 0.5) is 0 Å². The highest BCUT2D eigenvalue weighted by atomic mass is 16.5. The third kappa shape index (κ3) is 3.93. The first kappa shape index (κ1) is 19.3. The fourth-order valence-electron chi connectivity index (χ4n) is 2.96. The zero-order valence-electron chi connectivity index (χ0n) is 16.1. The fourth-order valence-corrected chi connectivity index (χ4v) is 2.96. The Morgan fingerprint density at radius 1 is 1.04 bits per heavy atom. The van der Waals surface area contributed by atoms with Gasteiger partial charge in [0.25, 0.3) is 11.8 Å². The van der Waals surface area contributed by atoms with E-state index in [2.05, 4.69) is 15.8 Å². The molecule has 0 unspecified atom stereocenters. The average Bonchev–Trinajstić information content (AvgIpc) is 3.05. The lowest BCUT2D eigenvalue weighted by molar-refractivity contribution is 0.0847. The molecule has 0 radical (unpaired) electrons. The molecule has 0 bridgehead atoms. The van der Waals surface area contributed by atoms with Crippen molar-refractivity contribution in [2.24, 2.45) is 0 Å². The van der Waals surface area contributed by atoms with Crippen LogP contribution in [0.2, 0.25) is 0 Å². The second-order valence-corrected chi connectivity index (χ2v) is 6.29. The highest BCUT2D eigenvalue weighted by molar-refractivity contribution is 6.09. The Kier molecular flexibility index (Phi) is 5.84. The van der Waals surface area contributed by atoms with Crippen molar-refractivity contribution in [2.75, 3.05) is 13.7 Å². The molecule has 0 atom stereocenters. The Bertz CT molecular complexity index is 1010. The molecule has 0 aliphatic carbocycles. The van der Waals surface area contributed by atoms with E-state index in [1.54, 1.807) is 18.2 Å². The maximum atomic E-state index is 12.6. The number of aryl methyl sites for hydroxylation is 1. The number of nitrogens with one attached hydrogen (secondary N) is 3. The van der Waals surface area contributed by atoms with Gasteiger partial charge in [-0.3, -0.25) is 20.4 Å². The molecule has 1 aromatic heterocycles. The van der Waals surface area contributed by atoms with Crippen LogP contribution >= 0.6 is 0 Å². The van der Waals surface area contributed by atoms with Gasteiger partial charge in [0.1, 0.15) is 0 Å². The zero-order chi connectivity index (χ0) is 20.1. The van der Waals surface area contributed by atoms with Crippen molar-refractivity contribution in [3.8, 4) is 11.5 Å². The van der Waals surface area contributed by atoms with Crippen LogP contribution < -0.4 is 20.3 Å². The number of hydrazine groups is 1. The highest BCUT2D eigenvalue weighted by Crippen LogP contribution is 2.28. The third-order valence-electron chi connectivity index (χ3n) is 4.30. The number of para-hydroxylation sites is 1. The van der Waals surface area contributed by atoms with Gasteiger partial charge in [-0.2, -0.15) is 0 Å². The summed E-state index contributed by atoms with van der Waals surface area (Å²) in [6.07, 6.45) is 0.866. The van der Waals surface area contributed by atoms with Crippen molar-refractivity contribution >= 4 is 22.7 Å². The molecule has 2 aromatic carbocycles. The fraction of sp³-hybridized carbons (Fsp3) is 0.238. The quantitative estimate of drug-likeness (QED) is 0.571. The zero-order valence-corrected chi connectivity index (χ0v) is 16.1. The van der Waals surface area contributed by atoms with Crippen molar-refractivity contribution < 1.29 is 19.1 Å². The molecule has 3 N–H and O–H groups in total. The molecule has 0 aliphatic rings. The van der Waals surface area contributed by atoms with E-state index < -0.39 is 11.8 Å². The largest absolute Gasteiger partial charge is 0.493 e. The van der Waals surface area contributed by atoms with Crippen molar-refractivity contribution in [3.63, 3.8) is 0 Å². The van der Waals surface area contributed by atoms with E-state index in [-0.39, 0.29) is 0 Å². The number of fused-ring (bicyclic) bond motifs is 1. The molecule has 3 rings (SSSR count). The second-order valence-electron chi connectivity index (χ2n) is 6.29. The summed E-state index contributed by atoms with van der Waals surface area (Å²) in [6, 6.07) is 12.4. The maximum absolute atomic E-state index is 12.6. The number of rotatable bonds is 6. The molecular formula is C21H23N3O4. The van der Waals surface area contributed by atoms with Crippen LogP contribution in [-0.4, -0.2) is 30.5 Å². The molecular weight excluding hydrogens is 358 g/mol. The molecule has 0 saturated heterocycles. The van der Waals surface area contributed by atoms with E-state index in [0.717, 1.165) is 23.0 Å². The second kappa shape index (κ2) is 8.47. The van der Waals surface area contributed by atoms with Crippen LogP contribution in [0.3, 0.4) is 0 Å². The molecule has 0 fully saturated rings. The van der Waals surface area contributed by atoms with Crippen molar-refractivity contribution in [1.82, 2.24) is 15.8 Å². The number of carbonyl (C=O) groups is 2. The summed E-state index contributed by atoms with van der Waals surface area (Å²) in [5.74, 6) is 0.184. The van der Waals surface area contributed by atoms with Gasteiger partial charge in [-0.15, -0.1) is 0 Å². The minimum Gasteiger partial charge on any atom is -0.493 e. The molecule has 7 heteroatoms. The predicted octanol–water partition coefficient (Wildman–Crippen LogP) is 3.35. The SMILES string of the molecule is CCCOc1ccc(C(=O)NNC(=O)c2c(C)[nH]c3ccccc23)cc1OC. The van der Waals surface area contributed by atoms with Gasteiger partial charge in [-0.1, -0.05) is 25.1 Å². The van der Waals surface area contributed by atoms with Gasteiger partial charge in [0.2, 0.25) is 0 Å². The first-order valence-corrected chi connectivity index (χ1v) is 9.04. The van der Waals surface area contributed by atoms with Gasteiger partial charge in [0.05, 0.1) is 19.3 Å². The first-order valence-electron chi connectivity index (χ1n) is 9.04. The maximum Gasteiger partial charge on any atom is 0.272 e. The number of carbonyl (C=O) groups excluding carboxylic acids is 2. The lowest BCUT2D eigenvalue weighted by Crippen LogP contribution is -2.41. The van der Waals surface area contributed by atoms with E-state index in [4.69, 9.17) is 9.47 Å². The number of ether oxygens (including phenoxy) is 2. The van der Waals surface area contributed by atoms with E-state index in [9.17, 15) is 9.59 Å². The van der Waals surface area contributed by atoms with E-state index in [0.29, 0.717) is 29.2 Å². The minimum atomic E-state index is -0.453. The predicted molar refractivity (Wildman–Crippen MR) is 107 cm³/mol. The summed E-state index contributed by atoms with van der Waals surface area (Å²) in [4.78, 5) is 28.2. The molecule has 0 saturated carbocycles. The van der Waals surface area contributed by atoms with Gasteiger partial charge in [0, 0.05) is 22.2 Å². The normalized spacial score (nSPS) is 10.5. The van der Waals surface area contributed by atoms with Crippen LogP contribution in [0.25, 0.3) is 10.9 Å². The first-order chi connectivity index (χ1) is 13.5. The van der Waals surface area contributed by atoms with E-state index in [1.165, 1.54) is 7.11 Å².